The van der Waals surface area contributed by atoms with Gasteiger partial charge in [0, 0.05) is 19.8 Å². The molecular weight excluding hydrogens is 246 g/mol. The van der Waals surface area contributed by atoms with Crippen molar-refractivity contribution in [2.45, 2.75) is 51.5 Å². The minimum absolute atomic E-state index is 0.711. The van der Waals surface area contributed by atoms with Crippen LogP contribution < -0.4 is 5.32 Å². The monoisotopic (exact) mass is 273 g/mol. The SMILES string of the molecule is CNc1cc(CN2CCC3(CCCCC3)CC2)ccn1. The molecule has 1 spiro atoms. The van der Waals surface area contributed by atoms with Gasteiger partial charge in [-0.05, 0) is 61.9 Å². The van der Waals surface area contributed by atoms with Crippen LogP contribution in [0.15, 0.2) is 18.3 Å². The first kappa shape index (κ1) is 13.9. The van der Waals surface area contributed by atoms with Crippen molar-refractivity contribution in [2.24, 2.45) is 5.41 Å². The van der Waals surface area contributed by atoms with E-state index in [4.69, 9.17) is 0 Å². The van der Waals surface area contributed by atoms with Gasteiger partial charge >= 0.3 is 0 Å². The van der Waals surface area contributed by atoms with Crippen LogP contribution in [0.25, 0.3) is 0 Å². The summed E-state index contributed by atoms with van der Waals surface area (Å²) >= 11 is 0. The van der Waals surface area contributed by atoms with Crippen LogP contribution in [0.2, 0.25) is 0 Å². The van der Waals surface area contributed by atoms with Gasteiger partial charge in [-0.25, -0.2) is 4.98 Å². The fourth-order valence-corrected chi connectivity index (χ4v) is 3.95. The Morgan fingerprint density at radius 3 is 2.60 bits per heavy atom. The van der Waals surface area contributed by atoms with E-state index in [1.807, 2.05) is 13.2 Å². The maximum absolute atomic E-state index is 4.29. The second kappa shape index (κ2) is 6.13. The number of likely N-dealkylation sites (tertiary alicyclic amines) is 1. The van der Waals surface area contributed by atoms with E-state index in [-0.39, 0.29) is 0 Å². The molecule has 110 valence electrons. The van der Waals surface area contributed by atoms with Gasteiger partial charge < -0.3 is 5.32 Å². The van der Waals surface area contributed by atoms with Crippen molar-refractivity contribution < 1.29 is 0 Å². The summed E-state index contributed by atoms with van der Waals surface area (Å²) in [5, 5.41) is 3.12. The lowest BCUT2D eigenvalue weighted by Crippen LogP contribution is -2.40. The van der Waals surface area contributed by atoms with E-state index in [1.54, 1.807) is 0 Å². The van der Waals surface area contributed by atoms with Gasteiger partial charge in [-0.3, -0.25) is 4.90 Å². The topological polar surface area (TPSA) is 28.2 Å². The minimum atomic E-state index is 0.711. The molecule has 0 atom stereocenters. The highest BCUT2D eigenvalue weighted by atomic mass is 15.1. The molecule has 3 heteroatoms. The van der Waals surface area contributed by atoms with Crippen molar-refractivity contribution in [3.8, 4) is 0 Å². The van der Waals surface area contributed by atoms with Gasteiger partial charge in [-0.15, -0.1) is 0 Å². The molecule has 0 bridgehead atoms. The molecule has 0 aromatic carbocycles. The van der Waals surface area contributed by atoms with Crippen molar-refractivity contribution >= 4 is 5.82 Å². The lowest BCUT2D eigenvalue weighted by molar-refractivity contribution is 0.0641. The van der Waals surface area contributed by atoms with Crippen molar-refractivity contribution in [1.82, 2.24) is 9.88 Å². The molecule has 3 nitrogen and oxygen atoms in total. The third kappa shape index (κ3) is 3.14. The minimum Gasteiger partial charge on any atom is -0.373 e. The lowest BCUT2D eigenvalue weighted by atomic mass is 9.68. The van der Waals surface area contributed by atoms with Crippen LogP contribution in [0.4, 0.5) is 5.82 Å². The van der Waals surface area contributed by atoms with E-state index in [0.29, 0.717) is 5.41 Å². The van der Waals surface area contributed by atoms with Crippen LogP contribution in [0.3, 0.4) is 0 Å². The molecular formula is C17H27N3. The van der Waals surface area contributed by atoms with E-state index in [9.17, 15) is 0 Å². The summed E-state index contributed by atoms with van der Waals surface area (Å²) in [6.07, 6.45) is 12.1. The zero-order valence-electron chi connectivity index (χ0n) is 12.7. The Labute approximate surface area is 122 Å². The molecule has 1 aromatic rings. The first-order chi connectivity index (χ1) is 9.80. The Morgan fingerprint density at radius 1 is 1.15 bits per heavy atom. The summed E-state index contributed by atoms with van der Waals surface area (Å²) in [4.78, 5) is 6.91. The summed E-state index contributed by atoms with van der Waals surface area (Å²) in [6, 6.07) is 4.32. The highest BCUT2D eigenvalue weighted by molar-refractivity contribution is 5.36. The number of nitrogens with zero attached hydrogens (tertiary/aromatic N) is 2. The molecule has 2 aliphatic rings. The molecule has 1 saturated carbocycles. The molecule has 1 aliphatic heterocycles. The highest BCUT2D eigenvalue weighted by Gasteiger charge is 2.35. The number of nitrogens with one attached hydrogen (secondary N) is 1. The highest BCUT2D eigenvalue weighted by Crippen LogP contribution is 2.44. The van der Waals surface area contributed by atoms with Gasteiger partial charge in [0.1, 0.15) is 5.82 Å². The van der Waals surface area contributed by atoms with Gasteiger partial charge in [-0.1, -0.05) is 19.3 Å². The molecule has 2 heterocycles. The average molecular weight is 273 g/mol. The predicted molar refractivity (Wildman–Crippen MR) is 83.8 cm³/mol. The first-order valence-corrected chi connectivity index (χ1v) is 8.15. The average Bonchev–Trinajstić information content (AvgIpc) is 2.51. The van der Waals surface area contributed by atoms with Crippen LogP contribution in [0.5, 0.6) is 0 Å². The number of anilines is 1. The molecule has 1 N–H and O–H groups in total. The third-order valence-electron chi connectivity index (χ3n) is 5.32. The van der Waals surface area contributed by atoms with Crippen molar-refractivity contribution in [3.05, 3.63) is 23.9 Å². The summed E-state index contributed by atoms with van der Waals surface area (Å²) in [6.45, 7) is 3.63. The molecule has 0 unspecified atom stereocenters. The van der Waals surface area contributed by atoms with Gasteiger partial charge in [-0.2, -0.15) is 0 Å². The molecule has 1 aromatic heterocycles. The second-order valence-electron chi connectivity index (χ2n) is 6.64. The van der Waals surface area contributed by atoms with Crippen LogP contribution >= 0.6 is 0 Å². The Hall–Kier alpha value is -1.09. The summed E-state index contributed by atoms with van der Waals surface area (Å²) < 4.78 is 0. The second-order valence-corrected chi connectivity index (χ2v) is 6.64. The van der Waals surface area contributed by atoms with Crippen LogP contribution in [-0.2, 0) is 6.54 Å². The zero-order valence-corrected chi connectivity index (χ0v) is 12.7. The van der Waals surface area contributed by atoms with Gasteiger partial charge in [0.15, 0.2) is 0 Å². The molecule has 1 saturated heterocycles. The normalized spacial score (nSPS) is 22.9. The van der Waals surface area contributed by atoms with E-state index in [1.165, 1.54) is 63.6 Å². The Morgan fingerprint density at radius 2 is 1.90 bits per heavy atom. The largest absolute Gasteiger partial charge is 0.373 e. The van der Waals surface area contributed by atoms with E-state index in [2.05, 4.69) is 27.3 Å². The molecule has 0 amide bonds. The molecule has 0 radical (unpaired) electrons. The summed E-state index contributed by atoms with van der Waals surface area (Å²) in [5.41, 5.74) is 2.09. The Kier molecular flexibility index (Phi) is 4.25. The maximum Gasteiger partial charge on any atom is 0.125 e. The lowest BCUT2D eigenvalue weighted by Gasteiger charge is -2.44. The smallest absolute Gasteiger partial charge is 0.125 e. The van der Waals surface area contributed by atoms with E-state index in [0.717, 1.165) is 12.4 Å². The van der Waals surface area contributed by atoms with Gasteiger partial charge in [0.05, 0.1) is 0 Å². The Balaban J connectivity index is 1.55. The summed E-state index contributed by atoms with van der Waals surface area (Å²) in [5.74, 6) is 0.975. The Bertz CT molecular complexity index is 428. The molecule has 2 fully saturated rings. The molecule has 20 heavy (non-hydrogen) atoms. The third-order valence-corrected chi connectivity index (χ3v) is 5.32. The quantitative estimate of drug-likeness (QED) is 0.910. The van der Waals surface area contributed by atoms with Crippen molar-refractivity contribution in [1.29, 1.82) is 0 Å². The number of piperidine rings is 1. The van der Waals surface area contributed by atoms with Crippen LogP contribution in [0, 0.1) is 5.41 Å². The van der Waals surface area contributed by atoms with E-state index < -0.39 is 0 Å². The van der Waals surface area contributed by atoms with Crippen LogP contribution in [-0.4, -0.2) is 30.0 Å². The van der Waals surface area contributed by atoms with Gasteiger partial charge in [0.2, 0.25) is 0 Å². The van der Waals surface area contributed by atoms with Crippen molar-refractivity contribution in [3.63, 3.8) is 0 Å². The maximum atomic E-state index is 4.29. The molecule has 3 rings (SSSR count). The number of pyridine rings is 1. The fraction of sp³-hybridized carbons (Fsp3) is 0.706. The molecule has 1 aliphatic carbocycles. The van der Waals surface area contributed by atoms with Crippen LogP contribution in [0.1, 0.15) is 50.5 Å². The van der Waals surface area contributed by atoms with Crippen molar-refractivity contribution in [2.75, 3.05) is 25.5 Å². The number of aromatic nitrogens is 1. The fourth-order valence-electron chi connectivity index (χ4n) is 3.95. The number of hydrogen-bond donors (Lipinski definition) is 1. The first-order valence-electron chi connectivity index (χ1n) is 8.15. The van der Waals surface area contributed by atoms with E-state index >= 15 is 0 Å². The number of hydrogen-bond acceptors (Lipinski definition) is 3. The van der Waals surface area contributed by atoms with Gasteiger partial charge in [0.25, 0.3) is 0 Å². The number of rotatable bonds is 3. The predicted octanol–water partition coefficient (Wildman–Crippen LogP) is 3.67. The zero-order chi connectivity index (χ0) is 13.8. The standard InChI is InChI=1S/C17H27N3/c1-18-16-13-15(5-10-19-16)14-20-11-8-17(9-12-20)6-3-2-4-7-17/h5,10,13H,2-4,6-9,11-12,14H2,1H3,(H,18,19). The summed E-state index contributed by atoms with van der Waals surface area (Å²) in [7, 11) is 1.93.